The van der Waals surface area contributed by atoms with Crippen LogP contribution in [0.3, 0.4) is 0 Å². The number of rotatable bonds is 6. The third-order valence-corrected chi connectivity index (χ3v) is 6.40. The molecule has 0 bridgehead atoms. The van der Waals surface area contributed by atoms with Gasteiger partial charge in [-0.2, -0.15) is 41.3 Å². The molecule has 38 heavy (non-hydrogen) atoms. The lowest BCUT2D eigenvalue weighted by Gasteiger charge is -2.41. The number of benzene rings is 1. The van der Waals surface area contributed by atoms with Crippen molar-refractivity contribution >= 4 is 17.7 Å². The SMILES string of the molecule is CCN(CC)c1nc(-c2ccc(C(F)(F)F)cc2)nc(N2CCN(c3ncccc3C(F)(F)F)CC2C)n1. The zero-order valence-electron chi connectivity index (χ0n) is 21.1. The Morgan fingerprint density at radius 3 is 2.16 bits per heavy atom. The average molecular weight is 540 g/mol. The summed E-state index contributed by atoms with van der Waals surface area (Å²) in [6.45, 7) is 7.68. The third kappa shape index (κ3) is 5.76. The summed E-state index contributed by atoms with van der Waals surface area (Å²) >= 11 is 0. The molecule has 7 nitrogen and oxygen atoms in total. The van der Waals surface area contributed by atoms with Gasteiger partial charge in [0.1, 0.15) is 5.82 Å². The lowest BCUT2D eigenvalue weighted by atomic mass is 10.1. The fourth-order valence-corrected chi connectivity index (χ4v) is 4.38. The molecule has 0 radical (unpaired) electrons. The van der Waals surface area contributed by atoms with E-state index in [0.29, 0.717) is 37.1 Å². The summed E-state index contributed by atoms with van der Waals surface area (Å²) in [5.41, 5.74) is -1.18. The fraction of sp³-hybridized carbons (Fsp3) is 0.440. The predicted molar refractivity (Wildman–Crippen MR) is 132 cm³/mol. The van der Waals surface area contributed by atoms with Crippen LogP contribution in [0, 0.1) is 0 Å². The Morgan fingerprint density at radius 1 is 0.895 bits per heavy atom. The molecule has 0 saturated carbocycles. The van der Waals surface area contributed by atoms with Crippen molar-refractivity contribution in [1.29, 1.82) is 0 Å². The molecular weight excluding hydrogens is 512 g/mol. The van der Waals surface area contributed by atoms with Gasteiger partial charge in [0.2, 0.25) is 11.9 Å². The Labute approximate surface area is 216 Å². The van der Waals surface area contributed by atoms with E-state index in [1.807, 2.05) is 30.6 Å². The highest BCUT2D eigenvalue weighted by Crippen LogP contribution is 2.36. The molecule has 4 rings (SSSR count). The van der Waals surface area contributed by atoms with Gasteiger partial charge in [-0.25, -0.2) is 4.98 Å². The Balaban J connectivity index is 1.67. The smallest absolute Gasteiger partial charge is 0.352 e. The molecule has 1 unspecified atom stereocenters. The van der Waals surface area contributed by atoms with E-state index < -0.39 is 23.5 Å². The van der Waals surface area contributed by atoms with Crippen LogP contribution in [-0.4, -0.2) is 58.7 Å². The van der Waals surface area contributed by atoms with Crippen molar-refractivity contribution in [3.05, 3.63) is 53.7 Å². The Hall–Kier alpha value is -3.64. The first-order chi connectivity index (χ1) is 17.9. The van der Waals surface area contributed by atoms with Crippen LogP contribution in [-0.2, 0) is 12.4 Å². The van der Waals surface area contributed by atoms with Gasteiger partial charge in [0.15, 0.2) is 5.82 Å². The van der Waals surface area contributed by atoms with Crippen LogP contribution < -0.4 is 14.7 Å². The van der Waals surface area contributed by atoms with Crippen molar-refractivity contribution in [3.63, 3.8) is 0 Å². The second kappa shape index (κ2) is 10.6. The normalized spacial score (nSPS) is 16.6. The van der Waals surface area contributed by atoms with Crippen molar-refractivity contribution in [3.8, 4) is 11.4 Å². The molecule has 1 fully saturated rings. The molecule has 1 aromatic carbocycles. The number of nitrogens with zero attached hydrogens (tertiary/aromatic N) is 7. The molecule has 0 amide bonds. The zero-order valence-corrected chi connectivity index (χ0v) is 21.1. The molecule has 1 aliphatic heterocycles. The summed E-state index contributed by atoms with van der Waals surface area (Å²) < 4.78 is 79.8. The predicted octanol–water partition coefficient (Wildman–Crippen LogP) is 5.53. The number of hydrogen-bond acceptors (Lipinski definition) is 7. The van der Waals surface area contributed by atoms with Crippen molar-refractivity contribution in [2.45, 2.75) is 39.2 Å². The van der Waals surface area contributed by atoms with Gasteiger partial charge in [-0.3, -0.25) is 0 Å². The first-order valence-corrected chi connectivity index (χ1v) is 12.1. The lowest BCUT2D eigenvalue weighted by molar-refractivity contribution is -0.138. The summed E-state index contributed by atoms with van der Waals surface area (Å²) in [5, 5.41) is 0. The zero-order chi connectivity index (χ0) is 27.7. The molecule has 0 spiro atoms. The van der Waals surface area contributed by atoms with Gasteiger partial charge in [-0.15, -0.1) is 0 Å². The highest BCUT2D eigenvalue weighted by atomic mass is 19.4. The molecule has 204 valence electrons. The van der Waals surface area contributed by atoms with E-state index in [4.69, 9.17) is 0 Å². The summed E-state index contributed by atoms with van der Waals surface area (Å²) in [5.74, 6) is 0.760. The summed E-state index contributed by atoms with van der Waals surface area (Å²) in [6, 6.07) is 6.56. The molecule has 3 aromatic rings. The topological polar surface area (TPSA) is 61.3 Å². The van der Waals surface area contributed by atoms with Gasteiger partial charge in [0.05, 0.1) is 11.1 Å². The van der Waals surface area contributed by atoms with Crippen LogP contribution in [0.1, 0.15) is 31.9 Å². The number of pyridine rings is 1. The highest BCUT2D eigenvalue weighted by molar-refractivity contribution is 5.60. The fourth-order valence-electron chi connectivity index (χ4n) is 4.38. The number of aromatic nitrogens is 4. The second-order valence-electron chi connectivity index (χ2n) is 8.87. The summed E-state index contributed by atoms with van der Waals surface area (Å²) in [7, 11) is 0. The molecule has 0 aliphatic carbocycles. The number of anilines is 3. The summed E-state index contributed by atoms with van der Waals surface area (Å²) in [4.78, 5) is 23.0. The van der Waals surface area contributed by atoms with E-state index in [1.165, 1.54) is 24.4 Å². The molecule has 1 atom stereocenters. The molecule has 0 N–H and O–H groups in total. The number of piperazine rings is 1. The first-order valence-electron chi connectivity index (χ1n) is 12.1. The summed E-state index contributed by atoms with van der Waals surface area (Å²) in [6.07, 6.45) is -7.67. The van der Waals surface area contributed by atoms with Gasteiger partial charge in [-0.05, 0) is 45.0 Å². The molecule has 1 aliphatic rings. The van der Waals surface area contributed by atoms with E-state index >= 15 is 0 Å². The van der Waals surface area contributed by atoms with Crippen molar-refractivity contribution in [2.75, 3.05) is 47.4 Å². The minimum absolute atomic E-state index is 0.128. The quantitative estimate of drug-likeness (QED) is 0.382. The Bertz CT molecular complexity index is 1240. The maximum Gasteiger partial charge on any atom is 0.419 e. The maximum atomic E-state index is 13.6. The van der Waals surface area contributed by atoms with Gasteiger partial charge >= 0.3 is 12.4 Å². The van der Waals surface area contributed by atoms with Crippen molar-refractivity contribution < 1.29 is 26.3 Å². The standard InChI is InChI=1S/C25H27F6N7/c1-4-36(5-2)22-33-20(17-8-10-18(11-9-17)24(26,27)28)34-23(35-22)38-14-13-37(15-16(38)3)21-19(25(29,30)31)7-6-12-32-21/h6-12,16H,4-5,13-15H2,1-3H3. The van der Waals surface area contributed by atoms with Crippen molar-refractivity contribution in [2.24, 2.45) is 0 Å². The first kappa shape index (κ1) is 27.4. The van der Waals surface area contributed by atoms with Crippen molar-refractivity contribution in [1.82, 2.24) is 19.9 Å². The molecule has 2 aromatic heterocycles. The van der Waals surface area contributed by atoms with Crippen LogP contribution >= 0.6 is 0 Å². The van der Waals surface area contributed by atoms with Gasteiger partial charge < -0.3 is 14.7 Å². The number of alkyl halides is 6. The molecule has 1 saturated heterocycles. The largest absolute Gasteiger partial charge is 0.419 e. The molecule has 13 heteroatoms. The van der Waals surface area contributed by atoms with E-state index in [0.717, 1.165) is 18.2 Å². The Kier molecular flexibility index (Phi) is 7.65. The van der Waals surface area contributed by atoms with Gasteiger partial charge in [-0.1, -0.05) is 12.1 Å². The van der Waals surface area contributed by atoms with E-state index in [1.54, 1.807) is 4.90 Å². The van der Waals surface area contributed by atoms with Crippen LogP contribution in [0.4, 0.5) is 44.1 Å². The van der Waals surface area contributed by atoms with E-state index in [9.17, 15) is 26.3 Å². The van der Waals surface area contributed by atoms with E-state index in [2.05, 4.69) is 19.9 Å². The minimum atomic E-state index is -4.53. The second-order valence-corrected chi connectivity index (χ2v) is 8.87. The average Bonchev–Trinajstić information content (AvgIpc) is 2.88. The minimum Gasteiger partial charge on any atom is -0.352 e. The Morgan fingerprint density at radius 2 is 1.58 bits per heavy atom. The van der Waals surface area contributed by atoms with E-state index in [-0.39, 0.29) is 30.8 Å². The van der Waals surface area contributed by atoms with Gasteiger partial charge in [0, 0.05) is 50.5 Å². The highest BCUT2D eigenvalue weighted by Gasteiger charge is 2.37. The van der Waals surface area contributed by atoms with Gasteiger partial charge in [0.25, 0.3) is 0 Å². The third-order valence-electron chi connectivity index (χ3n) is 6.40. The van der Waals surface area contributed by atoms with Crippen LogP contribution in [0.25, 0.3) is 11.4 Å². The number of hydrogen-bond donors (Lipinski definition) is 0. The number of halogens is 6. The van der Waals surface area contributed by atoms with Crippen LogP contribution in [0.2, 0.25) is 0 Å². The van der Waals surface area contributed by atoms with Crippen LogP contribution in [0.15, 0.2) is 42.6 Å². The molecule has 3 heterocycles. The van der Waals surface area contributed by atoms with Crippen LogP contribution in [0.5, 0.6) is 0 Å². The molecular formula is C25H27F6N7. The lowest BCUT2D eigenvalue weighted by Crippen LogP contribution is -2.53. The maximum absolute atomic E-state index is 13.6. The monoisotopic (exact) mass is 539 g/mol.